The Labute approximate surface area is 373 Å². The van der Waals surface area contributed by atoms with Crippen molar-refractivity contribution in [3.63, 3.8) is 0 Å². The number of nitrogens with one attached hydrogen (secondary N) is 3. The third-order valence-electron chi connectivity index (χ3n) is 11.2. The molecule has 0 aliphatic carbocycles. The fraction of sp³-hybridized carbons (Fsp3) is 0.886. The van der Waals surface area contributed by atoms with Gasteiger partial charge in [-0.3, -0.25) is 24.1 Å². The SMILES string of the molecule is CCCCOC[C@H]1O[C@@](O)(C(F)(F)C(=O)NCCCC[C@H]2C(=O)N[C@H](C(=O)N[C@@H](C)C(C)(C)C(=O)OC)N2C(=O)OC(C)(C)C)[C@H](OCCCC)[C@@H](OCCCC)C1OCCCC. The van der Waals surface area contributed by atoms with Crippen molar-refractivity contribution in [3.05, 3.63) is 0 Å². The van der Waals surface area contributed by atoms with Crippen LogP contribution < -0.4 is 16.0 Å². The zero-order chi connectivity index (χ0) is 47.6. The molecule has 0 aromatic rings. The Morgan fingerprint density at radius 1 is 0.857 bits per heavy atom. The number of rotatable bonds is 28. The van der Waals surface area contributed by atoms with Crippen molar-refractivity contribution >= 4 is 29.8 Å². The number of carbonyl (C=O) groups excluding carboxylic acids is 5. The van der Waals surface area contributed by atoms with Crippen LogP contribution in [0.3, 0.4) is 0 Å². The average Bonchev–Trinajstić information content (AvgIpc) is 3.55. The van der Waals surface area contributed by atoms with Crippen LogP contribution in [0.1, 0.15) is 140 Å². The van der Waals surface area contributed by atoms with Crippen LogP contribution in [0.15, 0.2) is 0 Å². The average molecular weight is 909 g/mol. The van der Waals surface area contributed by atoms with E-state index in [2.05, 4.69) is 16.0 Å². The van der Waals surface area contributed by atoms with E-state index in [1.807, 2.05) is 27.7 Å². The maximum atomic E-state index is 16.7. The number of hydrogen-bond acceptors (Lipinski definition) is 13. The van der Waals surface area contributed by atoms with Crippen LogP contribution in [0.2, 0.25) is 0 Å². The zero-order valence-electron chi connectivity index (χ0n) is 39.6. The molecule has 0 radical (unpaired) electrons. The first-order chi connectivity index (χ1) is 29.6. The van der Waals surface area contributed by atoms with Crippen LogP contribution in [0.4, 0.5) is 13.6 Å². The second kappa shape index (κ2) is 26.1. The summed E-state index contributed by atoms with van der Waals surface area (Å²) in [6, 6.07) is -1.99. The molecule has 2 saturated heterocycles. The lowest BCUT2D eigenvalue weighted by Gasteiger charge is -2.51. The van der Waals surface area contributed by atoms with Crippen molar-refractivity contribution in [2.75, 3.05) is 46.7 Å². The van der Waals surface area contributed by atoms with Gasteiger partial charge in [0, 0.05) is 39.0 Å². The molecule has 8 atom stereocenters. The van der Waals surface area contributed by atoms with Crippen LogP contribution in [0, 0.1) is 5.41 Å². The van der Waals surface area contributed by atoms with Gasteiger partial charge < -0.3 is 54.2 Å². The summed E-state index contributed by atoms with van der Waals surface area (Å²) in [4.78, 5) is 67.2. The Kier molecular flexibility index (Phi) is 23.1. The van der Waals surface area contributed by atoms with Gasteiger partial charge in [0.1, 0.15) is 36.1 Å². The lowest BCUT2D eigenvalue weighted by Crippen LogP contribution is -2.75. The number of esters is 1. The highest BCUT2D eigenvalue weighted by molar-refractivity contribution is 5.98. The Morgan fingerprint density at radius 2 is 1.41 bits per heavy atom. The summed E-state index contributed by atoms with van der Waals surface area (Å²) in [5, 5.41) is 19.5. The Hall–Kier alpha value is -3.23. The van der Waals surface area contributed by atoms with Gasteiger partial charge in [0.15, 0.2) is 6.17 Å². The summed E-state index contributed by atoms with van der Waals surface area (Å²) in [5.74, 6) is -11.9. The predicted molar refractivity (Wildman–Crippen MR) is 228 cm³/mol. The topological polar surface area (TPSA) is 210 Å². The third kappa shape index (κ3) is 15.4. The molecule has 0 aromatic heterocycles. The van der Waals surface area contributed by atoms with Crippen LogP contribution in [-0.2, 0) is 52.3 Å². The maximum Gasteiger partial charge on any atom is 0.413 e. The van der Waals surface area contributed by atoms with Crippen LogP contribution in [0.25, 0.3) is 0 Å². The van der Waals surface area contributed by atoms with E-state index in [-0.39, 0.29) is 52.2 Å². The monoisotopic (exact) mass is 909 g/mol. The molecule has 2 fully saturated rings. The molecule has 0 aromatic carbocycles. The summed E-state index contributed by atoms with van der Waals surface area (Å²) in [7, 11) is 1.22. The molecule has 0 saturated carbocycles. The van der Waals surface area contributed by atoms with Crippen LogP contribution in [0.5, 0.6) is 0 Å². The van der Waals surface area contributed by atoms with Gasteiger partial charge in [-0.15, -0.1) is 0 Å². The van der Waals surface area contributed by atoms with Crippen LogP contribution >= 0.6 is 0 Å². The first kappa shape index (κ1) is 55.9. The fourth-order valence-corrected chi connectivity index (χ4v) is 6.94. The molecular formula is C44H78F2N4O13. The molecule has 2 rings (SSSR count). The van der Waals surface area contributed by atoms with Crippen molar-refractivity contribution < 1.29 is 71.0 Å². The van der Waals surface area contributed by atoms with Crippen molar-refractivity contribution in [3.8, 4) is 0 Å². The van der Waals surface area contributed by atoms with E-state index in [4.69, 9.17) is 33.2 Å². The number of alkyl halides is 2. The first-order valence-corrected chi connectivity index (χ1v) is 22.8. The quantitative estimate of drug-likeness (QED) is 0.0594. The van der Waals surface area contributed by atoms with E-state index in [1.54, 1.807) is 41.5 Å². The van der Waals surface area contributed by atoms with Crippen molar-refractivity contribution in [1.82, 2.24) is 20.9 Å². The molecule has 366 valence electrons. The van der Waals surface area contributed by atoms with Crippen molar-refractivity contribution in [1.29, 1.82) is 0 Å². The summed E-state index contributed by atoms with van der Waals surface area (Å²) < 4.78 is 73.9. The van der Waals surface area contributed by atoms with E-state index in [9.17, 15) is 29.1 Å². The summed E-state index contributed by atoms with van der Waals surface area (Å²) >= 11 is 0. The fourth-order valence-electron chi connectivity index (χ4n) is 6.94. The number of nitrogens with zero attached hydrogens (tertiary/aromatic N) is 1. The minimum absolute atomic E-state index is 0.0282. The second-order valence-electron chi connectivity index (χ2n) is 17.9. The molecule has 4 N–H and O–H groups in total. The lowest BCUT2D eigenvalue weighted by molar-refractivity contribution is -0.412. The highest BCUT2D eigenvalue weighted by Crippen LogP contribution is 2.43. The summed E-state index contributed by atoms with van der Waals surface area (Å²) in [6.07, 6.45) is -2.16. The smallest absolute Gasteiger partial charge is 0.413 e. The molecular weight excluding hydrogens is 830 g/mol. The van der Waals surface area contributed by atoms with Crippen LogP contribution in [-0.4, -0.2) is 146 Å². The van der Waals surface area contributed by atoms with Gasteiger partial charge in [-0.1, -0.05) is 53.4 Å². The normalized spacial score (nSPS) is 24.7. The molecule has 63 heavy (non-hydrogen) atoms. The highest BCUT2D eigenvalue weighted by atomic mass is 19.3. The lowest BCUT2D eigenvalue weighted by atomic mass is 9.85. The van der Waals surface area contributed by atoms with Gasteiger partial charge in [0.2, 0.25) is 5.91 Å². The number of methoxy groups -OCH3 is 1. The zero-order valence-corrected chi connectivity index (χ0v) is 39.6. The molecule has 4 amide bonds. The van der Waals surface area contributed by atoms with Crippen molar-refractivity contribution in [2.24, 2.45) is 5.41 Å². The van der Waals surface area contributed by atoms with Gasteiger partial charge in [0.05, 0.1) is 19.1 Å². The number of amides is 4. The number of ether oxygens (including phenoxy) is 7. The maximum absolute atomic E-state index is 16.7. The third-order valence-corrected chi connectivity index (χ3v) is 11.2. The van der Waals surface area contributed by atoms with E-state index in [1.165, 1.54) is 7.11 Å². The summed E-state index contributed by atoms with van der Waals surface area (Å²) in [6.45, 7) is 17.6. The number of halogens is 2. The van der Waals surface area contributed by atoms with E-state index in [0.29, 0.717) is 38.7 Å². The molecule has 2 aliphatic heterocycles. The van der Waals surface area contributed by atoms with Gasteiger partial charge in [0.25, 0.3) is 17.6 Å². The Balaban J connectivity index is 2.32. The predicted octanol–water partition coefficient (Wildman–Crippen LogP) is 5.13. The Bertz CT molecular complexity index is 1450. The largest absolute Gasteiger partial charge is 0.469 e. The second-order valence-corrected chi connectivity index (χ2v) is 17.9. The molecule has 1 unspecified atom stereocenters. The Morgan fingerprint density at radius 3 is 1.97 bits per heavy atom. The molecule has 19 heteroatoms. The highest BCUT2D eigenvalue weighted by Gasteiger charge is 2.71. The van der Waals surface area contributed by atoms with Crippen molar-refractivity contribution in [2.45, 2.75) is 200 Å². The molecule has 0 bridgehead atoms. The van der Waals surface area contributed by atoms with Gasteiger partial charge in [-0.25, -0.2) is 4.79 Å². The standard InChI is InChI=1S/C44H78F2N4O13/c1-12-16-24-58-28-31-32(59-25-17-13-2)33(60-26-18-14-3)34(61-27-19-15-4)44(56,62-31)43(45,46)38(53)47-23-21-20-22-30-36(51)49-35(50(30)40(55)63-41(6,7)8)37(52)48-29(5)42(9,10)39(54)57-11/h29-35,56H,12-28H2,1-11H3,(H,47,53)(H,48,52)(H,49,51)/t29-,30-,31+,32?,33-,34+,35-,44+/m0/s1. The number of aliphatic hydroxyl groups is 1. The van der Waals surface area contributed by atoms with Gasteiger partial charge in [-0.05, 0) is 86.5 Å². The number of carbonyl (C=O) groups is 5. The van der Waals surface area contributed by atoms with Gasteiger partial charge >= 0.3 is 18.0 Å². The first-order valence-electron chi connectivity index (χ1n) is 22.8. The molecule has 2 heterocycles. The molecule has 2 aliphatic rings. The molecule has 17 nitrogen and oxygen atoms in total. The van der Waals surface area contributed by atoms with E-state index in [0.717, 1.165) is 24.2 Å². The minimum Gasteiger partial charge on any atom is -0.469 e. The number of hydrogen-bond donors (Lipinski definition) is 4. The van der Waals surface area contributed by atoms with E-state index >= 15 is 8.78 Å². The van der Waals surface area contributed by atoms with Gasteiger partial charge in [-0.2, -0.15) is 8.78 Å². The number of unbranched alkanes of at least 4 members (excludes halogenated alkanes) is 5. The summed E-state index contributed by atoms with van der Waals surface area (Å²) in [5.41, 5.74) is -2.16. The minimum atomic E-state index is -4.58. The molecule has 0 spiro atoms. The van der Waals surface area contributed by atoms with E-state index < -0.39 is 95.2 Å².